The number of hydrogen-bond donors (Lipinski definition) is 0. The van der Waals surface area contributed by atoms with Crippen LogP contribution in [0.2, 0.25) is 0 Å². The Labute approximate surface area is 228 Å². The van der Waals surface area contributed by atoms with Gasteiger partial charge in [-0.1, -0.05) is 106 Å². The lowest BCUT2D eigenvalue weighted by Gasteiger charge is -2.38. The summed E-state index contributed by atoms with van der Waals surface area (Å²) in [6.07, 6.45) is 12.4. The lowest BCUT2D eigenvalue weighted by Crippen LogP contribution is -2.29. The molecule has 1 spiro atoms. The van der Waals surface area contributed by atoms with Crippen molar-refractivity contribution >= 4 is 21.5 Å². The summed E-state index contributed by atoms with van der Waals surface area (Å²) in [5.41, 5.74) is 13.8. The van der Waals surface area contributed by atoms with Gasteiger partial charge in [0.1, 0.15) is 0 Å². The molecule has 0 heterocycles. The van der Waals surface area contributed by atoms with Crippen LogP contribution in [0.25, 0.3) is 32.7 Å². The van der Waals surface area contributed by atoms with Crippen LogP contribution in [0, 0.1) is 18.8 Å². The molecule has 192 valence electrons. The minimum absolute atomic E-state index is 0.0943. The molecule has 0 amide bonds. The smallest absolute Gasteiger partial charge is 0.0443 e. The summed E-state index contributed by atoms with van der Waals surface area (Å²) in [6.45, 7) is 11.8. The Bertz CT molecular complexity index is 1670. The molecule has 0 bridgehead atoms. The Kier molecular flexibility index (Phi) is 5.49. The number of fused-ring (bicyclic) bond motifs is 4. The van der Waals surface area contributed by atoms with Crippen molar-refractivity contribution in [1.82, 2.24) is 0 Å². The molecule has 0 saturated heterocycles. The molecule has 1 unspecified atom stereocenters. The molecule has 0 nitrogen and oxygen atoms in total. The van der Waals surface area contributed by atoms with Crippen molar-refractivity contribution in [3.63, 3.8) is 0 Å². The van der Waals surface area contributed by atoms with Crippen molar-refractivity contribution in [1.29, 1.82) is 0 Å². The monoisotopic (exact) mass is 496 g/mol. The minimum Gasteiger partial charge on any atom is -0.0657 e. The molecule has 0 fully saturated rings. The van der Waals surface area contributed by atoms with Crippen LogP contribution in [0.4, 0.5) is 0 Å². The zero-order chi connectivity index (χ0) is 26.2. The molecule has 3 aliphatic rings. The summed E-state index contributed by atoms with van der Waals surface area (Å²) in [6, 6.07) is 21.5. The first-order chi connectivity index (χ1) is 18.5. The standard InChI is InChI=1S/C38H40/c1-6-24(7-2)30-20-31(25(8-3)9-4)22-38(21-30)33-16-15-26-11-10-12-28-19-29-18-27-14-13-23(5)17-32(27)37(38)35(29)36(33)34(26)28/h10-18,20-21,24-25H,6-9,19,22H2,1-5H3. The van der Waals surface area contributed by atoms with Gasteiger partial charge in [0, 0.05) is 5.41 Å². The highest BCUT2D eigenvalue weighted by atomic mass is 14.5. The number of aryl methyl sites for hydroxylation is 1. The van der Waals surface area contributed by atoms with Gasteiger partial charge in [-0.15, -0.1) is 0 Å². The SMILES string of the molecule is CCC(CC)C1=CC2(CC(C(CC)CC)=C1)c1ccc3cccc4c3c1-c1c(cc3ccc(C)cc3c12)C4. The molecule has 0 radical (unpaired) electrons. The summed E-state index contributed by atoms with van der Waals surface area (Å²) < 4.78 is 0. The molecular weight excluding hydrogens is 456 g/mol. The molecule has 7 rings (SSSR count). The highest BCUT2D eigenvalue weighted by molar-refractivity contribution is 6.11. The first-order valence-corrected chi connectivity index (χ1v) is 15.1. The Balaban J connectivity index is 1.65. The molecule has 0 heteroatoms. The van der Waals surface area contributed by atoms with E-state index in [0.29, 0.717) is 11.8 Å². The second-order valence-corrected chi connectivity index (χ2v) is 12.2. The first-order valence-electron chi connectivity index (χ1n) is 15.1. The van der Waals surface area contributed by atoms with Gasteiger partial charge >= 0.3 is 0 Å². The fourth-order valence-electron chi connectivity index (χ4n) is 8.40. The lowest BCUT2D eigenvalue weighted by atomic mass is 9.65. The minimum atomic E-state index is -0.0943. The summed E-state index contributed by atoms with van der Waals surface area (Å²) in [5, 5.41) is 5.79. The summed E-state index contributed by atoms with van der Waals surface area (Å²) in [5.74, 6) is 1.26. The average molecular weight is 497 g/mol. The maximum atomic E-state index is 2.76. The van der Waals surface area contributed by atoms with E-state index in [1.807, 2.05) is 0 Å². The Morgan fingerprint density at radius 1 is 0.763 bits per heavy atom. The van der Waals surface area contributed by atoms with Crippen LogP contribution in [0.1, 0.15) is 87.6 Å². The van der Waals surface area contributed by atoms with Crippen molar-refractivity contribution in [2.45, 2.75) is 78.6 Å². The van der Waals surface area contributed by atoms with Gasteiger partial charge in [-0.2, -0.15) is 0 Å². The molecule has 3 aliphatic carbocycles. The number of allylic oxidation sites excluding steroid dienone is 4. The van der Waals surface area contributed by atoms with Crippen LogP contribution in [0.15, 0.2) is 77.9 Å². The normalized spacial score (nSPS) is 19.2. The van der Waals surface area contributed by atoms with Crippen molar-refractivity contribution in [3.05, 3.63) is 106 Å². The van der Waals surface area contributed by atoms with E-state index in [4.69, 9.17) is 0 Å². The van der Waals surface area contributed by atoms with E-state index in [1.54, 1.807) is 33.4 Å². The predicted molar refractivity (Wildman–Crippen MR) is 164 cm³/mol. The highest BCUT2D eigenvalue weighted by Gasteiger charge is 2.48. The maximum Gasteiger partial charge on any atom is 0.0443 e. The first kappa shape index (κ1) is 24.0. The zero-order valence-electron chi connectivity index (χ0n) is 23.7. The van der Waals surface area contributed by atoms with Gasteiger partial charge in [0.15, 0.2) is 0 Å². The fraction of sp³-hybridized carbons (Fsp3) is 0.368. The molecule has 38 heavy (non-hydrogen) atoms. The number of hydrogen-bond acceptors (Lipinski definition) is 0. The van der Waals surface area contributed by atoms with Gasteiger partial charge in [-0.3, -0.25) is 0 Å². The number of rotatable bonds is 6. The van der Waals surface area contributed by atoms with Crippen LogP contribution >= 0.6 is 0 Å². The largest absolute Gasteiger partial charge is 0.0657 e. The maximum absolute atomic E-state index is 2.76. The summed E-state index contributed by atoms with van der Waals surface area (Å²) in [7, 11) is 0. The van der Waals surface area contributed by atoms with Crippen molar-refractivity contribution < 1.29 is 0 Å². The van der Waals surface area contributed by atoms with E-state index in [2.05, 4.69) is 101 Å². The van der Waals surface area contributed by atoms with Gasteiger partial charge in [-0.05, 0) is 118 Å². The van der Waals surface area contributed by atoms with Gasteiger partial charge in [0.05, 0.1) is 0 Å². The van der Waals surface area contributed by atoms with Crippen molar-refractivity contribution in [3.8, 4) is 11.1 Å². The lowest BCUT2D eigenvalue weighted by molar-refractivity contribution is 0.491. The molecular formula is C38H40. The van der Waals surface area contributed by atoms with Crippen molar-refractivity contribution in [2.24, 2.45) is 11.8 Å². The number of benzene rings is 4. The summed E-state index contributed by atoms with van der Waals surface area (Å²) >= 11 is 0. The Hall–Kier alpha value is -3.12. The quantitative estimate of drug-likeness (QED) is 0.219. The molecule has 1 atom stereocenters. The molecule has 0 saturated carbocycles. The van der Waals surface area contributed by atoms with Gasteiger partial charge < -0.3 is 0 Å². The third-order valence-corrected chi connectivity index (χ3v) is 10.3. The molecule has 0 aromatic heterocycles. The Morgan fingerprint density at radius 3 is 2.29 bits per heavy atom. The zero-order valence-corrected chi connectivity index (χ0v) is 23.7. The average Bonchev–Trinajstić information content (AvgIpc) is 3.20. The molecule has 4 aromatic rings. The highest BCUT2D eigenvalue weighted by Crippen LogP contribution is 2.62. The van der Waals surface area contributed by atoms with Crippen LogP contribution in [0.3, 0.4) is 0 Å². The predicted octanol–water partition coefficient (Wildman–Crippen LogP) is 10.6. The van der Waals surface area contributed by atoms with Gasteiger partial charge in [-0.25, -0.2) is 0 Å². The van der Waals surface area contributed by atoms with E-state index in [-0.39, 0.29) is 5.41 Å². The second kappa shape index (κ2) is 8.70. The van der Waals surface area contributed by atoms with E-state index >= 15 is 0 Å². The van der Waals surface area contributed by atoms with Gasteiger partial charge in [0.2, 0.25) is 0 Å². The molecule has 0 N–H and O–H groups in total. The van der Waals surface area contributed by atoms with E-state index in [9.17, 15) is 0 Å². The Morgan fingerprint density at radius 2 is 1.53 bits per heavy atom. The second-order valence-electron chi connectivity index (χ2n) is 12.2. The van der Waals surface area contributed by atoms with E-state index in [0.717, 1.165) is 12.8 Å². The van der Waals surface area contributed by atoms with Crippen LogP contribution in [-0.4, -0.2) is 0 Å². The molecule has 0 aliphatic heterocycles. The van der Waals surface area contributed by atoms with Crippen LogP contribution in [-0.2, 0) is 11.8 Å². The van der Waals surface area contributed by atoms with Gasteiger partial charge in [0.25, 0.3) is 0 Å². The van der Waals surface area contributed by atoms with Crippen molar-refractivity contribution in [2.75, 3.05) is 0 Å². The van der Waals surface area contributed by atoms with Crippen LogP contribution in [0.5, 0.6) is 0 Å². The van der Waals surface area contributed by atoms with Crippen LogP contribution < -0.4 is 0 Å². The van der Waals surface area contributed by atoms with E-state index < -0.39 is 0 Å². The third-order valence-electron chi connectivity index (χ3n) is 10.3. The third kappa shape index (κ3) is 3.16. The van der Waals surface area contributed by atoms with E-state index in [1.165, 1.54) is 63.9 Å². The summed E-state index contributed by atoms with van der Waals surface area (Å²) in [4.78, 5) is 0. The topological polar surface area (TPSA) is 0 Å². The molecule has 4 aromatic carbocycles. The fourth-order valence-corrected chi connectivity index (χ4v) is 8.40.